The Morgan fingerprint density at radius 1 is 1.06 bits per heavy atom. The highest BCUT2D eigenvalue weighted by Gasteiger charge is 2.28. The summed E-state index contributed by atoms with van der Waals surface area (Å²) in [6.07, 6.45) is 0. The van der Waals surface area contributed by atoms with Crippen LogP contribution in [0.2, 0.25) is 0 Å². The van der Waals surface area contributed by atoms with Crippen molar-refractivity contribution in [3.05, 3.63) is 69.4 Å². The minimum atomic E-state index is -0.848. The third kappa shape index (κ3) is 2.20. The van der Waals surface area contributed by atoms with Crippen LogP contribution in [0, 0.1) is 12.7 Å². The van der Waals surface area contributed by atoms with Gasteiger partial charge in [0.1, 0.15) is 5.82 Å². The Kier molecular flexibility index (Phi) is 3.55. The standard InChI is InChI=1S/C15H15BrFN/c1-10-6-3-4-7-11(10)15(2,18)12-8-5-9-13(16)14(12)17/h3-9H,18H2,1-2H3. The first-order valence-electron chi connectivity index (χ1n) is 5.74. The molecule has 0 saturated heterocycles. The summed E-state index contributed by atoms with van der Waals surface area (Å²) in [5.74, 6) is -0.300. The second-order valence-corrected chi connectivity index (χ2v) is 5.47. The Bertz CT molecular complexity index is 578. The van der Waals surface area contributed by atoms with Gasteiger partial charge in [-0.3, -0.25) is 0 Å². The first kappa shape index (κ1) is 13.2. The number of nitrogens with two attached hydrogens (primary N) is 1. The van der Waals surface area contributed by atoms with Crippen LogP contribution in [0.1, 0.15) is 23.6 Å². The van der Waals surface area contributed by atoms with E-state index < -0.39 is 5.54 Å². The number of hydrogen-bond acceptors (Lipinski definition) is 1. The summed E-state index contributed by atoms with van der Waals surface area (Å²) < 4.78 is 14.6. The first-order valence-corrected chi connectivity index (χ1v) is 6.53. The number of aryl methyl sites for hydroxylation is 1. The van der Waals surface area contributed by atoms with Crippen LogP contribution in [0.5, 0.6) is 0 Å². The molecule has 0 aliphatic heterocycles. The minimum Gasteiger partial charge on any atom is -0.318 e. The van der Waals surface area contributed by atoms with Gasteiger partial charge in [-0.2, -0.15) is 0 Å². The molecule has 0 fully saturated rings. The van der Waals surface area contributed by atoms with Crippen LogP contribution in [0.4, 0.5) is 4.39 Å². The predicted octanol–water partition coefficient (Wildman–Crippen LogP) is 4.12. The monoisotopic (exact) mass is 307 g/mol. The zero-order valence-corrected chi connectivity index (χ0v) is 12.0. The average Bonchev–Trinajstić information content (AvgIpc) is 2.32. The first-order chi connectivity index (χ1) is 8.44. The highest BCUT2D eigenvalue weighted by molar-refractivity contribution is 9.10. The van der Waals surface area contributed by atoms with Gasteiger partial charge in [0.15, 0.2) is 0 Å². The van der Waals surface area contributed by atoms with Gasteiger partial charge in [0.05, 0.1) is 10.0 Å². The zero-order valence-electron chi connectivity index (χ0n) is 10.4. The van der Waals surface area contributed by atoms with Gasteiger partial charge < -0.3 is 5.73 Å². The molecule has 2 N–H and O–H groups in total. The average molecular weight is 308 g/mol. The molecular formula is C15H15BrFN. The van der Waals surface area contributed by atoms with Gasteiger partial charge in [-0.15, -0.1) is 0 Å². The Morgan fingerprint density at radius 2 is 1.67 bits per heavy atom. The summed E-state index contributed by atoms with van der Waals surface area (Å²) in [5, 5.41) is 0. The lowest BCUT2D eigenvalue weighted by molar-refractivity contribution is 0.525. The van der Waals surface area contributed by atoms with E-state index in [0.29, 0.717) is 10.0 Å². The minimum absolute atomic E-state index is 0.300. The molecule has 0 aromatic heterocycles. The van der Waals surface area contributed by atoms with Crippen LogP contribution >= 0.6 is 15.9 Å². The van der Waals surface area contributed by atoms with Crippen molar-refractivity contribution in [2.24, 2.45) is 5.73 Å². The fourth-order valence-corrected chi connectivity index (χ4v) is 2.57. The Labute approximate surface area is 115 Å². The van der Waals surface area contributed by atoms with E-state index in [1.54, 1.807) is 18.2 Å². The van der Waals surface area contributed by atoms with Gasteiger partial charge in [0.25, 0.3) is 0 Å². The molecular weight excluding hydrogens is 293 g/mol. The highest BCUT2D eigenvalue weighted by atomic mass is 79.9. The van der Waals surface area contributed by atoms with Gasteiger partial charge in [-0.25, -0.2) is 4.39 Å². The SMILES string of the molecule is Cc1ccccc1C(C)(N)c1cccc(Br)c1F. The van der Waals surface area contributed by atoms with Crippen LogP contribution in [-0.4, -0.2) is 0 Å². The molecule has 0 amide bonds. The highest BCUT2D eigenvalue weighted by Crippen LogP contribution is 2.32. The molecule has 1 unspecified atom stereocenters. The molecule has 0 aliphatic carbocycles. The van der Waals surface area contributed by atoms with E-state index in [1.165, 1.54) is 0 Å². The topological polar surface area (TPSA) is 26.0 Å². The zero-order chi connectivity index (χ0) is 13.3. The quantitative estimate of drug-likeness (QED) is 0.887. The molecule has 0 saturated carbocycles. The fourth-order valence-electron chi connectivity index (χ4n) is 2.21. The van der Waals surface area contributed by atoms with E-state index in [1.807, 2.05) is 38.1 Å². The molecule has 0 radical (unpaired) electrons. The fraction of sp³-hybridized carbons (Fsp3) is 0.200. The summed E-state index contributed by atoms with van der Waals surface area (Å²) in [4.78, 5) is 0. The predicted molar refractivity (Wildman–Crippen MR) is 75.9 cm³/mol. The Balaban J connectivity index is 2.62. The smallest absolute Gasteiger partial charge is 0.142 e. The van der Waals surface area contributed by atoms with Crippen LogP contribution < -0.4 is 5.73 Å². The van der Waals surface area contributed by atoms with Crippen LogP contribution in [0.25, 0.3) is 0 Å². The van der Waals surface area contributed by atoms with E-state index in [9.17, 15) is 4.39 Å². The molecule has 0 heterocycles. The van der Waals surface area contributed by atoms with Crippen molar-refractivity contribution in [2.75, 3.05) is 0 Å². The molecule has 0 aliphatic rings. The molecule has 0 spiro atoms. The summed E-state index contributed by atoms with van der Waals surface area (Å²) in [6.45, 7) is 3.82. The van der Waals surface area contributed by atoms with Crippen molar-refractivity contribution in [3.63, 3.8) is 0 Å². The van der Waals surface area contributed by atoms with Gasteiger partial charge >= 0.3 is 0 Å². The largest absolute Gasteiger partial charge is 0.318 e. The maximum atomic E-state index is 14.2. The molecule has 2 aromatic rings. The molecule has 2 rings (SSSR count). The van der Waals surface area contributed by atoms with Crippen molar-refractivity contribution in [1.82, 2.24) is 0 Å². The molecule has 1 atom stereocenters. The normalized spacial score (nSPS) is 14.3. The van der Waals surface area contributed by atoms with Gasteiger partial charge in [-0.05, 0) is 47.0 Å². The van der Waals surface area contributed by atoms with Crippen molar-refractivity contribution in [2.45, 2.75) is 19.4 Å². The van der Waals surface area contributed by atoms with Gasteiger partial charge in [-0.1, -0.05) is 36.4 Å². The molecule has 0 bridgehead atoms. The second-order valence-electron chi connectivity index (χ2n) is 4.62. The summed E-state index contributed by atoms with van der Waals surface area (Å²) >= 11 is 3.20. The number of halogens is 2. The second kappa shape index (κ2) is 4.82. The van der Waals surface area contributed by atoms with Gasteiger partial charge in [0, 0.05) is 5.56 Å². The molecule has 18 heavy (non-hydrogen) atoms. The number of benzene rings is 2. The molecule has 1 nitrogen and oxygen atoms in total. The van der Waals surface area contributed by atoms with E-state index in [-0.39, 0.29) is 5.82 Å². The third-order valence-corrected chi connectivity index (χ3v) is 3.83. The lowest BCUT2D eigenvalue weighted by atomic mass is 9.83. The Morgan fingerprint density at radius 3 is 2.33 bits per heavy atom. The van der Waals surface area contributed by atoms with E-state index in [0.717, 1.165) is 11.1 Å². The van der Waals surface area contributed by atoms with Crippen molar-refractivity contribution < 1.29 is 4.39 Å². The number of hydrogen-bond donors (Lipinski definition) is 1. The molecule has 2 aromatic carbocycles. The van der Waals surface area contributed by atoms with E-state index in [2.05, 4.69) is 15.9 Å². The lowest BCUT2D eigenvalue weighted by Crippen LogP contribution is -2.36. The maximum Gasteiger partial charge on any atom is 0.142 e. The molecule has 94 valence electrons. The van der Waals surface area contributed by atoms with E-state index >= 15 is 0 Å². The summed E-state index contributed by atoms with van der Waals surface area (Å²) in [6, 6.07) is 13.0. The van der Waals surface area contributed by atoms with Gasteiger partial charge in [0.2, 0.25) is 0 Å². The van der Waals surface area contributed by atoms with Crippen LogP contribution in [-0.2, 0) is 5.54 Å². The van der Waals surface area contributed by atoms with Crippen molar-refractivity contribution in [1.29, 1.82) is 0 Å². The number of rotatable bonds is 2. The van der Waals surface area contributed by atoms with Crippen molar-refractivity contribution >= 4 is 15.9 Å². The van der Waals surface area contributed by atoms with Crippen LogP contribution in [0.15, 0.2) is 46.9 Å². The lowest BCUT2D eigenvalue weighted by Gasteiger charge is -2.28. The van der Waals surface area contributed by atoms with Crippen LogP contribution in [0.3, 0.4) is 0 Å². The van der Waals surface area contributed by atoms with Crippen molar-refractivity contribution in [3.8, 4) is 0 Å². The maximum absolute atomic E-state index is 14.2. The summed E-state index contributed by atoms with van der Waals surface area (Å²) in [5.41, 5.74) is 8.00. The van der Waals surface area contributed by atoms with E-state index in [4.69, 9.17) is 5.73 Å². The third-order valence-electron chi connectivity index (χ3n) is 3.22. The summed E-state index contributed by atoms with van der Waals surface area (Å²) in [7, 11) is 0. The Hall–Kier alpha value is -1.19. The molecule has 3 heteroatoms.